The van der Waals surface area contributed by atoms with Crippen molar-refractivity contribution in [3.05, 3.63) is 54.0 Å². The smallest absolute Gasteiger partial charge is 0.310 e. The Morgan fingerprint density at radius 3 is 2.81 bits per heavy atom. The zero-order valence-corrected chi connectivity index (χ0v) is 15.2. The first kappa shape index (κ1) is 18.6. The lowest BCUT2D eigenvalue weighted by molar-refractivity contribution is -0.146. The number of methoxy groups -OCH3 is 1. The average Bonchev–Trinajstić information content (AvgIpc) is 3.35. The maximum absolute atomic E-state index is 12.7. The predicted octanol–water partition coefficient (Wildman–Crippen LogP) is 2.86. The monoisotopic (exact) mass is 371 g/mol. The third-order valence-corrected chi connectivity index (χ3v) is 4.15. The first-order valence-corrected chi connectivity index (χ1v) is 8.53. The van der Waals surface area contributed by atoms with E-state index in [0.717, 1.165) is 5.56 Å². The summed E-state index contributed by atoms with van der Waals surface area (Å²) in [7, 11) is 1.33. The number of ether oxygens (including phenoxy) is 3. The number of nitrogens with zero attached hydrogens (tertiary/aromatic N) is 1. The Morgan fingerprint density at radius 2 is 2.07 bits per heavy atom. The molecule has 27 heavy (non-hydrogen) atoms. The number of rotatable bonds is 7. The van der Waals surface area contributed by atoms with Gasteiger partial charge in [-0.2, -0.15) is 0 Å². The van der Waals surface area contributed by atoms with E-state index in [0.29, 0.717) is 23.8 Å². The molecule has 0 aliphatic carbocycles. The van der Waals surface area contributed by atoms with Crippen molar-refractivity contribution >= 4 is 18.0 Å². The van der Waals surface area contributed by atoms with Crippen molar-refractivity contribution < 1.29 is 28.2 Å². The summed E-state index contributed by atoms with van der Waals surface area (Å²) in [5, 5.41) is 0. The lowest BCUT2D eigenvalue weighted by Gasteiger charge is -2.24. The number of amides is 1. The number of benzene rings is 1. The van der Waals surface area contributed by atoms with Gasteiger partial charge in [0.15, 0.2) is 11.5 Å². The summed E-state index contributed by atoms with van der Waals surface area (Å²) in [5.41, 5.74) is 0.871. The van der Waals surface area contributed by atoms with Gasteiger partial charge in [-0.3, -0.25) is 9.59 Å². The van der Waals surface area contributed by atoms with Crippen LogP contribution in [-0.2, 0) is 20.9 Å². The first-order chi connectivity index (χ1) is 13.1. The van der Waals surface area contributed by atoms with Gasteiger partial charge < -0.3 is 23.5 Å². The number of esters is 1. The summed E-state index contributed by atoms with van der Waals surface area (Å²) in [6.07, 6.45) is 4.56. The summed E-state index contributed by atoms with van der Waals surface area (Å²) in [4.78, 5) is 26.1. The molecule has 2 aromatic rings. The van der Waals surface area contributed by atoms with Crippen LogP contribution in [0.2, 0.25) is 0 Å². The molecule has 1 aromatic carbocycles. The fourth-order valence-electron chi connectivity index (χ4n) is 2.74. The van der Waals surface area contributed by atoms with E-state index < -0.39 is 5.92 Å². The topological polar surface area (TPSA) is 78.2 Å². The van der Waals surface area contributed by atoms with E-state index in [1.807, 2.05) is 18.2 Å². The van der Waals surface area contributed by atoms with Gasteiger partial charge in [-0.05, 0) is 35.9 Å². The fraction of sp³-hybridized carbons (Fsp3) is 0.300. The molecule has 2 heterocycles. The van der Waals surface area contributed by atoms with Crippen molar-refractivity contribution in [1.82, 2.24) is 4.90 Å². The number of carbonyl (C=O) groups excluding carboxylic acids is 2. The van der Waals surface area contributed by atoms with Gasteiger partial charge in [0.1, 0.15) is 5.76 Å². The molecule has 1 aromatic heterocycles. The quantitative estimate of drug-likeness (QED) is 0.550. The van der Waals surface area contributed by atoms with Gasteiger partial charge in [0, 0.05) is 19.2 Å². The Kier molecular flexibility index (Phi) is 5.80. The number of fused-ring (bicyclic) bond motifs is 1. The van der Waals surface area contributed by atoms with Crippen molar-refractivity contribution in [2.24, 2.45) is 5.92 Å². The molecule has 3 rings (SSSR count). The minimum atomic E-state index is -0.454. The molecule has 1 atom stereocenters. The van der Waals surface area contributed by atoms with Crippen molar-refractivity contribution in [3.63, 3.8) is 0 Å². The molecule has 0 radical (unpaired) electrons. The van der Waals surface area contributed by atoms with E-state index in [1.54, 1.807) is 30.0 Å². The second-order valence-electron chi connectivity index (χ2n) is 6.18. The van der Waals surface area contributed by atoms with Crippen molar-refractivity contribution in [3.8, 4) is 11.5 Å². The Hall–Kier alpha value is -3.22. The second kappa shape index (κ2) is 8.44. The van der Waals surface area contributed by atoms with E-state index >= 15 is 0 Å². The highest BCUT2D eigenvalue weighted by atomic mass is 16.7. The molecular weight excluding hydrogens is 350 g/mol. The minimum absolute atomic E-state index is 0.187. The van der Waals surface area contributed by atoms with E-state index in [-0.39, 0.29) is 25.2 Å². The number of carbonyl (C=O) groups is 2. The normalized spacial score (nSPS) is 13.6. The van der Waals surface area contributed by atoms with Crippen LogP contribution in [0.3, 0.4) is 0 Å². The molecule has 7 heteroatoms. The summed E-state index contributed by atoms with van der Waals surface area (Å²) in [6, 6.07) is 9.01. The number of furan rings is 1. The third-order valence-electron chi connectivity index (χ3n) is 4.15. The Balaban J connectivity index is 1.76. The molecule has 0 saturated heterocycles. The molecule has 0 saturated carbocycles. The van der Waals surface area contributed by atoms with Crippen LogP contribution in [-0.4, -0.2) is 37.2 Å². The lowest BCUT2D eigenvalue weighted by atomic mass is 10.1. The highest BCUT2D eigenvalue weighted by Crippen LogP contribution is 2.32. The molecule has 7 nitrogen and oxygen atoms in total. The number of hydrogen-bond donors (Lipinski definition) is 0. The van der Waals surface area contributed by atoms with Crippen LogP contribution in [0.5, 0.6) is 11.5 Å². The molecule has 0 bridgehead atoms. The predicted molar refractivity (Wildman–Crippen MR) is 96.9 cm³/mol. The van der Waals surface area contributed by atoms with Crippen LogP contribution in [0, 0.1) is 5.92 Å². The van der Waals surface area contributed by atoms with Gasteiger partial charge in [-0.15, -0.1) is 0 Å². The Morgan fingerprint density at radius 1 is 1.26 bits per heavy atom. The van der Waals surface area contributed by atoms with E-state index in [2.05, 4.69) is 0 Å². The second-order valence-corrected chi connectivity index (χ2v) is 6.18. The largest absolute Gasteiger partial charge is 0.469 e. The summed E-state index contributed by atoms with van der Waals surface area (Å²) in [5.74, 6) is 0.843. The molecule has 0 spiro atoms. The van der Waals surface area contributed by atoms with Crippen LogP contribution in [0.4, 0.5) is 0 Å². The van der Waals surface area contributed by atoms with E-state index in [4.69, 9.17) is 18.6 Å². The minimum Gasteiger partial charge on any atom is -0.469 e. The maximum atomic E-state index is 12.7. The third kappa shape index (κ3) is 4.69. The van der Waals surface area contributed by atoms with E-state index in [1.165, 1.54) is 19.4 Å². The van der Waals surface area contributed by atoms with Crippen LogP contribution in [0.15, 0.2) is 47.1 Å². The molecular formula is C20H21NO6. The Labute approximate surface area is 157 Å². The van der Waals surface area contributed by atoms with Crippen LogP contribution in [0.25, 0.3) is 6.08 Å². The number of hydrogen-bond acceptors (Lipinski definition) is 6. The van der Waals surface area contributed by atoms with Crippen LogP contribution < -0.4 is 9.47 Å². The fourth-order valence-corrected chi connectivity index (χ4v) is 2.74. The molecule has 1 aliphatic heterocycles. The molecule has 1 amide bonds. The average molecular weight is 371 g/mol. The lowest BCUT2D eigenvalue weighted by Crippen LogP contribution is -2.35. The maximum Gasteiger partial charge on any atom is 0.310 e. The van der Waals surface area contributed by atoms with Gasteiger partial charge in [-0.25, -0.2) is 0 Å². The van der Waals surface area contributed by atoms with Gasteiger partial charge >= 0.3 is 5.97 Å². The van der Waals surface area contributed by atoms with Crippen LogP contribution >= 0.6 is 0 Å². The SMILES string of the molecule is COC(=O)C(C)CN(Cc1ccc2c(c1)OCO2)C(=O)/C=C/c1ccco1. The first-order valence-electron chi connectivity index (χ1n) is 8.53. The highest BCUT2D eigenvalue weighted by Gasteiger charge is 2.22. The zero-order valence-electron chi connectivity index (χ0n) is 15.2. The summed E-state index contributed by atoms with van der Waals surface area (Å²) >= 11 is 0. The summed E-state index contributed by atoms with van der Waals surface area (Å²) < 4.78 is 20.7. The Bertz CT molecular complexity index is 827. The van der Waals surface area contributed by atoms with Crippen molar-refractivity contribution in [2.75, 3.05) is 20.4 Å². The standard InChI is InChI=1S/C20H21NO6/c1-14(20(23)24-2)11-21(19(22)8-6-16-4-3-9-25-16)12-15-5-7-17-18(10-15)27-13-26-17/h3-10,14H,11-13H2,1-2H3/b8-6+. The highest BCUT2D eigenvalue weighted by molar-refractivity contribution is 5.91. The molecule has 1 unspecified atom stereocenters. The molecule has 0 N–H and O–H groups in total. The van der Waals surface area contributed by atoms with E-state index in [9.17, 15) is 9.59 Å². The zero-order chi connectivity index (χ0) is 19.2. The molecule has 1 aliphatic rings. The van der Waals surface area contributed by atoms with Gasteiger partial charge in [0.2, 0.25) is 12.7 Å². The van der Waals surface area contributed by atoms with Crippen LogP contribution in [0.1, 0.15) is 18.2 Å². The van der Waals surface area contributed by atoms with Gasteiger partial charge in [0.25, 0.3) is 0 Å². The molecule has 0 fully saturated rings. The molecule has 142 valence electrons. The van der Waals surface area contributed by atoms with Crippen molar-refractivity contribution in [1.29, 1.82) is 0 Å². The van der Waals surface area contributed by atoms with Gasteiger partial charge in [0.05, 0.1) is 19.3 Å². The van der Waals surface area contributed by atoms with Crippen molar-refractivity contribution in [2.45, 2.75) is 13.5 Å². The van der Waals surface area contributed by atoms with Gasteiger partial charge in [-0.1, -0.05) is 13.0 Å². The summed E-state index contributed by atoms with van der Waals surface area (Å²) in [6.45, 7) is 2.45.